The molecule has 0 unspecified atom stereocenters. The Morgan fingerprint density at radius 1 is 1.33 bits per heavy atom. The van der Waals surface area contributed by atoms with E-state index in [9.17, 15) is 13.2 Å². The molecule has 0 atom stereocenters. The number of aromatic nitrogens is 1. The molecule has 1 aliphatic rings. The molecule has 2 N–H and O–H groups in total. The number of anilines is 1. The SMILES string of the molecule is Cc1nc(CCNS(=O)(=O)c2ccc3c(c2)CCCC(=O)N3)cs1. The molecule has 0 fully saturated rings. The Kier molecular flexibility index (Phi) is 4.98. The van der Waals surface area contributed by atoms with Crippen molar-refractivity contribution in [3.63, 3.8) is 0 Å². The fraction of sp³-hybridized carbons (Fsp3) is 0.375. The Morgan fingerprint density at radius 2 is 2.17 bits per heavy atom. The maximum atomic E-state index is 12.4. The smallest absolute Gasteiger partial charge is 0.240 e. The summed E-state index contributed by atoms with van der Waals surface area (Å²) in [4.78, 5) is 16.1. The fourth-order valence-electron chi connectivity index (χ4n) is 2.64. The molecule has 1 aliphatic heterocycles. The van der Waals surface area contributed by atoms with Gasteiger partial charge in [-0.15, -0.1) is 11.3 Å². The van der Waals surface area contributed by atoms with E-state index in [4.69, 9.17) is 0 Å². The molecule has 0 spiro atoms. The molecule has 1 aromatic heterocycles. The van der Waals surface area contributed by atoms with Gasteiger partial charge in [0.05, 0.1) is 15.6 Å². The van der Waals surface area contributed by atoms with Crippen LogP contribution in [0.15, 0.2) is 28.5 Å². The largest absolute Gasteiger partial charge is 0.326 e. The molecular formula is C16H19N3O3S2. The molecule has 1 amide bonds. The normalized spacial score (nSPS) is 14.8. The number of thiazole rings is 1. The van der Waals surface area contributed by atoms with E-state index in [1.54, 1.807) is 23.5 Å². The topological polar surface area (TPSA) is 88.2 Å². The monoisotopic (exact) mass is 365 g/mol. The predicted octanol–water partition coefficient (Wildman–Crippen LogP) is 2.25. The lowest BCUT2D eigenvalue weighted by molar-refractivity contribution is -0.116. The van der Waals surface area contributed by atoms with Gasteiger partial charge in [-0.05, 0) is 43.5 Å². The van der Waals surface area contributed by atoms with Gasteiger partial charge in [0.2, 0.25) is 15.9 Å². The average molecular weight is 365 g/mol. The molecule has 0 saturated carbocycles. The zero-order valence-corrected chi connectivity index (χ0v) is 15.0. The number of carbonyl (C=O) groups excluding carboxylic acids is 1. The highest BCUT2D eigenvalue weighted by atomic mass is 32.2. The number of hydrogen-bond acceptors (Lipinski definition) is 5. The van der Waals surface area contributed by atoms with Crippen LogP contribution in [0.4, 0.5) is 5.69 Å². The molecule has 3 rings (SSSR count). The molecule has 0 aliphatic carbocycles. The van der Waals surface area contributed by atoms with Gasteiger partial charge < -0.3 is 5.32 Å². The number of fused-ring (bicyclic) bond motifs is 1. The van der Waals surface area contributed by atoms with Crippen LogP contribution in [0.25, 0.3) is 0 Å². The number of carbonyl (C=O) groups is 1. The summed E-state index contributed by atoms with van der Waals surface area (Å²) in [5.41, 5.74) is 2.46. The summed E-state index contributed by atoms with van der Waals surface area (Å²) in [6, 6.07) is 4.84. The van der Waals surface area contributed by atoms with Gasteiger partial charge in [0, 0.05) is 30.5 Å². The van der Waals surface area contributed by atoms with Crippen molar-refractivity contribution in [2.75, 3.05) is 11.9 Å². The highest BCUT2D eigenvalue weighted by Crippen LogP contribution is 2.25. The van der Waals surface area contributed by atoms with E-state index in [0.717, 1.165) is 22.7 Å². The minimum absolute atomic E-state index is 0.0268. The van der Waals surface area contributed by atoms with Crippen molar-refractivity contribution >= 4 is 33.0 Å². The summed E-state index contributed by atoms with van der Waals surface area (Å²) in [7, 11) is -3.57. The number of amides is 1. The van der Waals surface area contributed by atoms with Crippen LogP contribution in [0.5, 0.6) is 0 Å². The second-order valence-corrected chi connectivity index (χ2v) is 8.56. The molecule has 0 radical (unpaired) electrons. The van der Waals surface area contributed by atoms with E-state index >= 15 is 0 Å². The van der Waals surface area contributed by atoms with Crippen LogP contribution in [0.2, 0.25) is 0 Å². The average Bonchev–Trinajstić information content (AvgIpc) is 2.84. The summed E-state index contributed by atoms with van der Waals surface area (Å²) in [5, 5.41) is 5.72. The quantitative estimate of drug-likeness (QED) is 0.851. The maximum absolute atomic E-state index is 12.4. The lowest BCUT2D eigenvalue weighted by Gasteiger charge is -2.10. The van der Waals surface area contributed by atoms with Gasteiger partial charge in [-0.1, -0.05) is 0 Å². The van der Waals surface area contributed by atoms with Crippen molar-refractivity contribution in [3.8, 4) is 0 Å². The lowest BCUT2D eigenvalue weighted by atomic mass is 10.1. The zero-order chi connectivity index (χ0) is 17.2. The Morgan fingerprint density at radius 3 is 2.92 bits per heavy atom. The highest BCUT2D eigenvalue weighted by Gasteiger charge is 2.18. The van der Waals surface area contributed by atoms with Crippen LogP contribution in [-0.4, -0.2) is 25.9 Å². The van der Waals surface area contributed by atoms with Gasteiger partial charge in [-0.2, -0.15) is 0 Å². The number of nitrogens with zero attached hydrogens (tertiary/aromatic N) is 1. The van der Waals surface area contributed by atoms with E-state index in [-0.39, 0.29) is 10.8 Å². The first-order valence-electron chi connectivity index (χ1n) is 7.77. The first kappa shape index (κ1) is 17.1. The molecule has 2 aromatic rings. The molecule has 0 bridgehead atoms. The van der Waals surface area contributed by atoms with Gasteiger partial charge in [-0.3, -0.25) is 4.79 Å². The van der Waals surface area contributed by atoms with Crippen LogP contribution in [0, 0.1) is 6.92 Å². The van der Waals surface area contributed by atoms with Crippen LogP contribution in [0.3, 0.4) is 0 Å². The number of sulfonamides is 1. The minimum atomic E-state index is -3.57. The van der Waals surface area contributed by atoms with Crippen molar-refractivity contribution in [1.82, 2.24) is 9.71 Å². The van der Waals surface area contributed by atoms with Gasteiger partial charge in [0.15, 0.2) is 0 Å². The Labute approximate surface area is 145 Å². The molecule has 8 heteroatoms. The molecule has 0 saturated heterocycles. The molecule has 2 heterocycles. The number of nitrogens with one attached hydrogen (secondary N) is 2. The first-order chi connectivity index (χ1) is 11.4. The van der Waals surface area contributed by atoms with E-state index < -0.39 is 10.0 Å². The minimum Gasteiger partial charge on any atom is -0.326 e. The van der Waals surface area contributed by atoms with Crippen LogP contribution in [-0.2, 0) is 27.7 Å². The highest BCUT2D eigenvalue weighted by molar-refractivity contribution is 7.89. The number of rotatable bonds is 5. The third kappa shape index (κ3) is 4.00. The van der Waals surface area contributed by atoms with Crippen LogP contribution < -0.4 is 10.0 Å². The van der Waals surface area contributed by atoms with E-state index in [0.29, 0.717) is 31.5 Å². The van der Waals surface area contributed by atoms with Crippen molar-refractivity contribution in [3.05, 3.63) is 39.8 Å². The number of hydrogen-bond donors (Lipinski definition) is 2. The Hall–Kier alpha value is -1.77. The predicted molar refractivity (Wildman–Crippen MR) is 93.8 cm³/mol. The third-order valence-electron chi connectivity index (χ3n) is 3.85. The molecule has 6 nitrogen and oxygen atoms in total. The Balaban J connectivity index is 1.70. The summed E-state index contributed by atoms with van der Waals surface area (Å²) >= 11 is 1.55. The zero-order valence-electron chi connectivity index (χ0n) is 13.3. The summed E-state index contributed by atoms with van der Waals surface area (Å²) in [6.45, 7) is 2.23. The van der Waals surface area contributed by atoms with E-state index in [2.05, 4.69) is 15.0 Å². The third-order valence-corrected chi connectivity index (χ3v) is 6.13. The van der Waals surface area contributed by atoms with Gasteiger partial charge in [0.1, 0.15) is 0 Å². The summed E-state index contributed by atoms with van der Waals surface area (Å²) in [5.74, 6) is -0.0268. The van der Waals surface area contributed by atoms with Crippen molar-refractivity contribution < 1.29 is 13.2 Å². The van der Waals surface area contributed by atoms with Crippen LogP contribution in [0.1, 0.15) is 29.1 Å². The summed E-state index contributed by atoms with van der Waals surface area (Å²) < 4.78 is 27.5. The lowest BCUT2D eigenvalue weighted by Crippen LogP contribution is -2.26. The maximum Gasteiger partial charge on any atom is 0.240 e. The first-order valence-corrected chi connectivity index (χ1v) is 10.1. The number of aryl methyl sites for hydroxylation is 2. The van der Waals surface area contributed by atoms with Crippen LogP contribution >= 0.6 is 11.3 Å². The molecule has 24 heavy (non-hydrogen) atoms. The Bertz CT molecular complexity index is 859. The van der Waals surface area contributed by atoms with E-state index in [1.807, 2.05) is 12.3 Å². The molecular weight excluding hydrogens is 346 g/mol. The standard InChI is InChI=1S/C16H19N3O3S2/c1-11-18-13(10-23-11)7-8-17-24(21,22)14-5-6-15-12(9-14)3-2-4-16(20)19-15/h5-6,9-10,17H,2-4,7-8H2,1H3,(H,19,20). The second-order valence-electron chi connectivity index (χ2n) is 5.73. The molecule has 1 aromatic carbocycles. The van der Waals surface area contributed by atoms with Gasteiger partial charge >= 0.3 is 0 Å². The summed E-state index contributed by atoms with van der Waals surface area (Å²) in [6.07, 6.45) is 2.43. The van der Waals surface area contributed by atoms with Gasteiger partial charge in [0.25, 0.3) is 0 Å². The molecule has 128 valence electrons. The van der Waals surface area contributed by atoms with Gasteiger partial charge in [-0.25, -0.2) is 18.1 Å². The second kappa shape index (κ2) is 7.00. The van der Waals surface area contributed by atoms with Crippen molar-refractivity contribution in [1.29, 1.82) is 0 Å². The van der Waals surface area contributed by atoms with Crippen molar-refractivity contribution in [2.24, 2.45) is 0 Å². The van der Waals surface area contributed by atoms with E-state index in [1.165, 1.54) is 6.07 Å². The fourth-order valence-corrected chi connectivity index (χ4v) is 4.37. The van der Waals surface area contributed by atoms with Crippen molar-refractivity contribution in [2.45, 2.75) is 37.5 Å². The number of benzene rings is 1.